The molecule has 122 valence electrons. The third-order valence-electron chi connectivity index (χ3n) is 4.33. The maximum atomic E-state index is 12.4. The number of aromatic carboxylic acids is 1. The molecule has 2 aromatic heterocycles. The number of benzene rings is 2. The Kier molecular flexibility index (Phi) is 3.54. The van der Waals surface area contributed by atoms with Gasteiger partial charge in [-0.2, -0.15) is 0 Å². The number of nitrogens with zero attached hydrogens (tertiary/aromatic N) is 2. The van der Waals surface area contributed by atoms with E-state index in [1.54, 1.807) is 24.5 Å². The highest BCUT2D eigenvalue weighted by molar-refractivity contribution is 5.92. The first-order valence-corrected chi connectivity index (χ1v) is 7.82. The quantitative estimate of drug-likeness (QED) is 0.625. The van der Waals surface area contributed by atoms with Crippen LogP contribution in [-0.4, -0.2) is 20.6 Å². The van der Waals surface area contributed by atoms with Crippen LogP contribution in [0.25, 0.3) is 21.7 Å². The summed E-state index contributed by atoms with van der Waals surface area (Å²) in [7, 11) is 0. The Bertz CT molecular complexity index is 1170. The minimum Gasteiger partial charge on any atom is -0.477 e. The largest absolute Gasteiger partial charge is 0.477 e. The molecule has 0 saturated heterocycles. The lowest BCUT2D eigenvalue weighted by atomic mass is 10.1. The highest BCUT2D eigenvalue weighted by Crippen LogP contribution is 2.20. The highest BCUT2D eigenvalue weighted by Gasteiger charge is 2.14. The highest BCUT2D eigenvalue weighted by atomic mass is 16.4. The van der Waals surface area contributed by atoms with Crippen molar-refractivity contribution in [3.05, 3.63) is 88.5 Å². The fourth-order valence-electron chi connectivity index (χ4n) is 3.13. The van der Waals surface area contributed by atoms with Crippen molar-refractivity contribution in [2.24, 2.45) is 0 Å². The lowest BCUT2D eigenvalue weighted by Crippen LogP contribution is -2.19. The second-order valence-corrected chi connectivity index (χ2v) is 5.84. The van der Waals surface area contributed by atoms with E-state index in [-0.39, 0.29) is 5.56 Å². The molecular formula is C20H14N2O3. The summed E-state index contributed by atoms with van der Waals surface area (Å²) in [6, 6.07) is 14.9. The fraction of sp³-hybridized carbons (Fsp3) is 0.0500. The van der Waals surface area contributed by atoms with Crippen LogP contribution in [-0.2, 0) is 6.54 Å². The van der Waals surface area contributed by atoms with Crippen LogP contribution in [0, 0.1) is 0 Å². The van der Waals surface area contributed by atoms with Gasteiger partial charge in [0.2, 0.25) is 5.43 Å². The lowest BCUT2D eigenvalue weighted by molar-refractivity contribution is 0.0695. The van der Waals surface area contributed by atoms with Crippen LogP contribution >= 0.6 is 0 Å². The molecular weight excluding hydrogens is 316 g/mol. The number of rotatable bonds is 3. The zero-order chi connectivity index (χ0) is 17.4. The standard InChI is InChI=1S/C20H14N2O3/c23-19-15-6-1-2-7-18(15)22(12-17(19)20(24)25)11-14-5-3-4-13-8-9-21-10-16(13)14/h1-10,12H,11H2,(H,24,25). The van der Waals surface area contributed by atoms with Gasteiger partial charge in [0.1, 0.15) is 5.56 Å². The number of aromatic nitrogens is 2. The SMILES string of the molecule is O=C(O)c1cn(Cc2cccc3ccncc23)c2ccccc2c1=O. The van der Waals surface area contributed by atoms with Gasteiger partial charge < -0.3 is 9.67 Å². The molecule has 2 heterocycles. The third kappa shape index (κ3) is 2.55. The summed E-state index contributed by atoms with van der Waals surface area (Å²) in [5, 5.41) is 11.8. The maximum absolute atomic E-state index is 12.4. The van der Waals surface area contributed by atoms with E-state index in [0.29, 0.717) is 17.4 Å². The van der Waals surface area contributed by atoms with Crippen LogP contribution in [0.1, 0.15) is 15.9 Å². The number of para-hydroxylation sites is 1. The first-order chi connectivity index (χ1) is 12.1. The van der Waals surface area contributed by atoms with Crippen molar-refractivity contribution in [3.63, 3.8) is 0 Å². The van der Waals surface area contributed by atoms with E-state index in [0.717, 1.165) is 16.3 Å². The topological polar surface area (TPSA) is 72.2 Å². The van der Waals surface area contributed by atoms with Gasteiger partial charge in [-0.3, -0.25) is 9.78 Å². The maximum Gasteiger partial charge on any atom is 0.341 e. The van der Waals surface area contributed by atoms with Gasteiger partial charge in [-0.15, -0.1) is 0 Å². The van der Waals surface area contributed by atoms with E-state index in [2.05, 4.69) is 4.98 Å². The molecule has 0 aliphatic rings. The Labute approximate surface area is 142 Å². The molecule has 0 unspecified atom stereocenters. The van der Waals surface area contributed by atoms with E-state index in [4.69, 9.17) is 0 Å². The van der Waals surface area contributed by atoms with Gasteiger partial charge in [-0.1, -0.05) is 30.3 Å². The van der Waals surface area contributed by atoms with Crippen LogP contribution in [0.15, 0.2) is 71.9 Å². The van der Waals surface area contributed by atoms with E-state index in [1.165, 1.54) is 6.20 Å². The smallest absolute Gasteiger partial charge is 0.341 e. The summed E-state index contributed by atoms with van der Waals surface area (Å²) in [5.41, 5.74) is 1.03. The van der Waals surface area contributed by atoms with Crippen molar-refractivity contribution in [2.75, 3.05) is 0 Å². The summed E-state index contributed by atoms with van der Waals surface area (Å²) in [5.74, 6) is -1.22. The molecule has 0 fully saturated rings. The fourth-order valence-corrected chi connectivity index (χ4v) is 3.13. The zero-order valence-corrected chi connectivity index (χ0v) is 13.2. The number of hydrogen-bond acceptors (Lipinski definition) is 3. The van der Waals surface area contributed by atoms with Crippen LogP contribution in [0.4, 0.5) is 0 Å². The molecule has 0 saturated carbocycles. The predicted molar refractivity (Wildman–Crippen MR) is 96.0 cm³/mol. The molecule has 0 radical (unpaired) electrons. The van der Waals surface area contributed by atoms with Gasteiger partial charge in [0.25, 0.3) is 0 Å². The molecule has 1 N–H and O–H groups in total. The molecule has 0 atom stereocenters. The van der Waals surface area contributed by atoms with Gasteiger partial charge in [0.15, 0.2) is 0 Å². The van der Waals surface area contributed by atoms with Gasteiger partial charge in [0.05, 0.1) is 5.52 Å². The third-order valence-corrected chi connectivity index (χ3v) is 4.33. The van der Waals surface area contributed by atoms with Crippen molar-refractivity contribution in [1.29, 1.82) is 0 Å². The van der Waals surface area contributed by atoms with E-state index >= 15 is 0 Å². The molecule has 0 bridgehead atoms. The van der Waals surface area contributed by atoms with E-state index in [9.17, 15) is 14.7 Å². The van der Waals surface area contributed by atoms with Crippen LogP contribution in [0.3, 0.4) is 0 Å². The monoisotopic (exact) mass is 330 g/mol. The number of carboxylic acids is 1. The number of pyridine rings is 2. The molecule has 2 aromatic carbocycles. The van der Waals surface area contributed by atoms with Crippen molar-refractivity contribution >= 4 is 27.6 Å². The summed E-state index contributed by atoms with van der Waals surface area (Å²) in [6.45, 7) is 0.449. The summed E-state index contributed by atoms with van der Waals surface area (Å²) >= 11 is 0. The second-order valence-electron chi connectivity index (χ2n) is 5.84. The predicted octanol–water partition coefficient (Wildman–Crippen LogP) is 3.30. The summed E-state index contributed by atoms with van der Waals surface area (Å²) < 4.78 is 1.81. The molecule has 5 heteroatoms. The summed E-state index contributed by atoms with van der Waals surface area (Å²) in [4.78, 5) is 28.0. The number of hydrogen-bond donors (Lipinski definition) is 1. The van der Waals surface area contributed by atoms with Gasteiger partial charge in [-0.25, -0.2) is 4.79 Å². The second kappa shape index (κ2) is 5.87. The van der Waals surface area contributed by atoms with E-state index < -0.39 is 11.4 Å². The average Bonchev–Trinajstić information content (AvgIpc) is 2.64. The van der Waals surface area contributed by atoms with Crippen molar-refractivity contribution in [1.82, 2.24) is 9.55 Å². The van der Waals surface area contributed by atoms with Crippen molar-refractivity contribution in [2.45, 2.75) is 6.54 Å². The van der Waals surface area contributed by atoms with Crippen molar-refractivity contribution in [3.8, 4) is 0 Å². The minimum atomic E-state index is -1.22. The molecule has 0 amide bonds. The first kappa shape index (κ1) is 15.1. The molecule has 5 nitrogen and oxygen atoms in total. The number of carbonyl (C=O) groups is 1. The van der Waals surface area contributed by atoms with Crippen LogP contribution in [0.5, 0.6) is 0 Å². The van der Waals surface area contributed by atoms with Gasteiger partial charge in [0, 0.05) is 35.9 Å². The molecule has 4 aromatic rings. The molecule has 0 spiro atoms. The Morgan fingerprint density at radius 3 is 2.72 bits per heavy atom. The molecule has 0 aliphatic carbocycles. The molecule has 25 heavy (non-hydrogen) atoms. The molecule has 4 rings (SSSR count). The number of carboxylic acid groups (broad SMARTS) is 1. The Balaban J connectivity index is 1.96. The Morgan fingerprint density at radius 2 is 1.88 bits per heavy atom. The lowest BCUT2D eigenvalue weighted by Gasteiger charge is -2.14. The Morgan fingerprint density at radius 1 is 1.04 bits per heavy atom. The van der Waals surface area contributed by atoms with E-state index in [1.807, 2.05) is 41.0 Å². The van der Waals surface area contributed by atoms with Crippen LogP contribution < -0.4 is 5.43 Å². The minimum absolute atomic E-state index is 0.225. The van der Waals surface area contributed by atoms with Crippen molar-refractivity contribution < 1.29 is 9.90 Å². The number of fused-ring (bicyclic) bond motifs is 2. The van der Waals surface area contributed by atoms with Crippen LogP contribution in [0.2, 0.25) is 0 Å². The summed E-state index contributed by atoms with van der Waals surface area (Å²) in [6.07, 6.45) is 4.96. The van der Waals surface area contributed by atoms with Gasteiger partial charge >= 0.3 is 5.97 Å². The van der Waals surface area contributed by atoms with Gasteiger partial charge in [-0.05, 0) is 29.1 Å². The Hall–Kier alpha value is -3.47. The molecule has 0 aliphatic heterocycles. The zero-order valence-electron chi connectivity index (χ0n) is 13.2. The normalized spacial score (nSPS) is 11.0. The first-order valence-electron chi connectivity index (χ1n) is 7.82. The average molecular weight is 330 g/mol.